The van der Waals surface area contributed by atoms with E-state index in [0.29, 0.717) is 10.7 Å². The van der Waals surface area contributed by atoms with E-state index in [1.165, 1.54) is 6.07 Å². The second-order valence-electron chi connectivity index (χ2n) is 7.69. The normalized spacial score (nSPS) is 11.8. The lowest BCUT2D eigenvalue weighted by Crippen LogP contribution is -2.41. The maximum Gasteiger partial charge on any atom is 0.240 e. The largest absolute Gasteiger partial charge is 0.491 e. The number of hydrogen-bond acceptors (Lipinski definition) is 4. The molecule has 0 radical (unpaired) electrons. The van der Waals surface area contributed by atoms with Crippen molar-refractivity contribution in [3.05, 3.63) is 59.1 Å². The predicted molar refractivity (Wildman–Crippen MR) is 117 cm³/mol. The van der Waals surface area contributed by atoms with Gasteiger partial charge in [0.2, 0.25) is 15.9 Å². The zero-order valence-electron chi connectivity index (χ0n) is 17.1. The lowest BCUT2D eigenvalue weighted by Gasteiger charge is -2.23. The van der Waals surface area contributed by atoms with Crippen molar-refractivity contribution in [3.63, 3.8) is 0 Å². The quantitative estimate of drug-likeness (QED) is 0.639. The Balaban J connectivity index is 1.94. The molecule has 0 saturated heterocycles. The van der Waals surface area contributed by atoms with Crippen LogP contribution >= 0.6 is 11.6 Å². The Bertz CT molecular complexity index is 955. The van der Waals surface area contributed by atoms with Crippen molar-refractivity contribution in [2.24, 2.45) is 0 Å². The predicted octanol–water partition coefficient (Wildman–Crippen LogP) is 3.60. The van der Waals surface area contributed by atoms with Gasteiger partial charge < -0.3 is 10.1 Å². The van der Waals surface area contributed by atoms with Crippen LogP contribution in [0.3, 0.4) is 0 Å². The third kappa shape index (κ3) is 6.94. The van der Waals surface area contributed by atoms with Gasteiger partial charge in [-0.3, -0.25) is 9.10 Å². The number of nitrogens with one attached hydrogen (secondary N) is 1. The van der Waals surface area contributed by atoms with Crippen molar-refractivity contribution >= 4 is 33.2 Å². The molecule has 0 heterocycles. The first kappa shape index (κ1) is 23.0. The number of para-hydroxylation sites is 1. The molecule has 0 bridgehead atoms. The lowest BCUT2D eigenvalue weighted by molar-refractivity contribution is -0.119. The van der Waals surface area contributed by atoms with Crippen molar-refractivity contribution in [3.8, 4) is 5.75 Å². The summed E-state index contributed by atoms with van der Waals surface area (Å²) >= 11 is 5.94. The minimum absolute atomic E-state index is 0.0627. The highest BCUT2D eigenvalue weighted by molar-refractivity contribution is 7.92. The fraction of sp³-hybridized carbons (Fsp3) is 0.381. The minimum Gasteiger partial charge on any atom is -0.491 e. The average Bonchev–Trinajstić information content (AvgIpc) is 2.62. The van der Waals surface area contributed by atoms with Gasteiger partial charge in [-0.25, -0.2) is 8.42 Å². The molecule has 2 rings (SSSR count). The van der Waals surface area contributed by atoms with Gasteiger partial charge in [0, 0.05) is 5.02 Å². The number of hydrogen-bond donors (Lipinski definition) is 1. The molecule has 158 valence electrons. The standard InChI is InChI=1S/C21H27ClN2O4S/c1-21(2,3)18-10-5-6-11-19(18)28-13-12-23-20(25)15-24(29(4,26)27)17-9-7-8-16(22)14-17/h5-11,14H,12-13,15H2,1-4H3,(H,23,25). The molecular formula is C21H27ClN2O4S. The molecule has 0 aliphatic heterocycles. The summed E-state index contributed by atoms with van der Waals surface area (Å²) in [6.45, 7) is 6.50. The topological polar surface area (TPSA) is 75.7 Å². The SMILES string of the molecule is CC(C)(C)c1ccccc1OCCNC(=O)CN(c1cccc(Cl)c1)S(C)(=O)=O. The van der Waals surface area contributed by atoms with E-state index in [1.807, 2.05) is 24.3 Å². The number of carbonyl (C=O) groups excluding carboxylic acids is 1. The molecule has 8 heteroatoms. The van der Waals surface area contributed by atoms with Crippen LogP contribution in [0.4, 0.5) is 5.69 Å². The van der Waals surface area contributed by atoms with Gasteiger partial charge in [0.25, 0.3) is 0 Å². The fourth-order valence-corrected chi connectivity index (χ4v) is 3.81. The highest BCUT2D eigenvalue weighted by atomic mass is 35.5. The lowest BCUT2D eigenvalue weighted by atomic mass is 9.86. The van der Waals surface area contributed by atoms with Gasteiger partial charge in [-0.05, 0) is 35.2 Å². The Morgan fingerprint density at radius 2 is 1.83 bits per heavy atom. The Morgan fingerprint density at radius 3 is 2.45 bits per heavy atom. The summed E-state index contributed by atoms with van der Waals surface area (Å²) in [5.41, 5.74) is 1.35. The molecule has 1 N–H and O–H groups in total. The van der Waals surface area contributed by atoms with Gasteiger partial charge >= 0.3 is 0 Å². The first-order chi connectivity index (χ1) is 13.5. The summed E-state index contributed by atoms with van der Waals surface area (Å²) in [5.74, 6) is 0.342. The highest BCUT2D eigenvalue weighted by Crippen LogP contribution is 2.30. The zero-order valence-corrected chi connectivity index (χ0v) is 18.7. The number of halogens is 1. The molecule has 0 aliphatic carbocycles. The number of carbonyl (C=O) groups is 1. The Labute approximate surface area is 177 Å². The molecule has 0 atom stereocenters. The van der Waals surface area contributed by atoms with Crippen molar-refractivity contribution in [2.75, 3.05) is 30.3 Å². The van der Waals surface area contributed by atoms with Gasteiger partial charge in [0.1, 0.15) is 18.9 Å². The van der Waals surface area contributed by atoms with Crippen LogP contribution < -0.4 is 14.4 Å². The van der Waals surface area contributed by atoms with Crippen molar-refractivity contribution in [2.45, 2.75) is 26.2 Å². The van der Waals surface area contributed by atoms with Crippen LogP contribution in [0.5, 0.6) is 5.75 Å². The van der Waals surface area contributed by atoms with E-state index in [2.05, 4.69) is 26.1 Å². The van der Waals surface area contributed by atoms with Crippen molar-refractivity contribution in [1.82, 2.24) is 5.32 Å². The highest BCUT2D eigenvalue weighted by Gasteiger charge is 2.21. The number of amides is 1. The van der Waals surface area contributed by atoms with E-state index < -0.39 is 15.9 Å². The summed E-state index contributed by atoms with van der Waals surface area (Å²) in [6, 6.07) is 14.1. The number of rotatable bonds is 8. The van der Waals surface area contributed by atoms with E-state index in [4.69, 9.17) is 16.3 Å². The van der Waals surface area contributed by atoms with Crippen molar-refractivity contribution in [1.29, 1.82) is 0 Å². The van der Waals surface area contributed by atoms with E-state index in [-0.39, 0.29) is 25.1 Å². The summed E-state index contributed by atoms with van der Waals surface area (Å²) in [7, 11) is -3.64. The monoisotopic (exact) mass is 438 g/mol. The third-order valence-electron chi connectivity index (χ3n) is 4.16. The number of benzene rings is 2. The Hall–Kier alpha value is -2.25. The van der Waals surface area contributed by atoms with Gasteiger partial charge in [-0.15, -0.1) is 0 Å². The van der Waals surface area contributed by atoms with Gasteiger partial charge in [0.05, 0.1) is 18.5 Å². The molecule has 0 aromatic heterocycles. The number of ether oxygens (including phenoxy) is 1. The van der Waals surface area contributed by atoms with E-state index in [1.54, 1.807) is 18.2 Å². The van der Waals surface area contributed by atoms with E-state index in [0.717, 1.165) is 21.9 Å². The van der Waals surface area contributed by atoms with Crippen molar-refractivity contribution < 1.29 is 17.9 Å². The van der Waals surface area contributed by atoms with Crippen LogP contribution in [0.15, 0.2) is 48.5 Å². The van der Waals surface area contributed by atoms with Crippen LogP contribution in [0.1, 0.15) is 26.3 Å². The summed E-state index contributed by atoms with van der Waals surface area (Å²) in [4.78, 5) is 12.3. The first-order valence-electron chi connectivity index (χ1n) is 9.21. The second kappa shape index (κ2) is 9.50. The fourth-order valence-electron chi connectivity index (χ4n) is 2.78. The van der Waals surface area contributed by atoms with Gasteiger partial charge in [-0.1, -0.05) is 56.6 Å². The third-order valence-corrected chi connectivity index (χ3v) is 5.54. The number of nitrogens with zero attached hydrogens (tertiary/aromatic N) is 1. The molecule has 0 spiro atoms. The molecule has 0 unspecified atom stereocenters. The maximum absolute atomic E-state index is 12.3. The Morgan fingerprint density at radius 1 is 1.14 bits per heavy atom. The van der Waals surface area contributed by atoms with Crippen LogP contribution in [-0.2, 0) is 20.2 Å². The zero-order chi connectivity index (χ0) is 21.7. The molecule has 6 nitrogen and oxygen atoms in total. The second-order valence-corrected chi connectivity index (χ2v) is 10.0. The maximum atomic E-state index is 12.3. The molecule has 2 aromatic rings. The summed E-state index contributed by atoms with van der Waals surface area (Å²) < 4.78 is 31.0. The minimum atomic E-state index is -3.64. The summed E-state index contributed by atoms with van der Waals surface area (Å²) in [6.07, 6.45) is 1.05. The van der Waals surface area contributed by atoms with Crippen LogP contribution in [0, 0.1) is 0 Å². The van der Waals surface area contributed by atoms with Gasteiger partial charge in [-0.2, -0.15) is 0 Å². The molecule has 2 aromatic carbocycles. The molecule has 1 amide bonds. The van der Waals surface area contributed by atoms with Gasteiger partial charge in [0.15, 0.2) is 0 Å². The Kier molecular flexibility index (Phi) is 7.54. The first-order valence-corrected chi connectivity index (χ1v) is 11.4. The van der Waals surface area contributed by atoms with E-state index >= 15 is 0 Å². The molecule has 0 aliphatic rings. The van der Waals surface area contributed by atoms with E-state index in [9.17, 15) is 13.2 Å². The van der Waals surface area contributed by atoms with Crippen LogP contribution in [0.2, 0.25) is 5.02 Å². The molecule has 0 fully saturated rings. The summed E-state index contributed by atoms with van der Waals surface area (Å²) in [5, 5.41) is 3.09. The average molecular weight is 439 g/mol. The molecule has 0 saturated carbocycles. The smallest absolute Gasteiger partial charge is 0.240 e. The molecule has 29 heavy (non-hydrogen) atoms. The molecular weight excluding hydrogens is 412 g/mol. The number of sulfonamides is 1. The number of anilines is 1. The van der Waals surface area contributed by atoms with Crippen LogP contribution in [0.25, 0.3) is 0 Å². The van der Waals surface area contributed by atoms with Crippen LogP contribution in [-0.4, -0.2) is 40.3 Å².